The molecule has 0 amide bonds. The zero-order chi connectivity index (χ0) is 19.4. The fourth-order valence-corrected chi connectivity index (χ4v) is 2.84. The maximum absolute atomic E-state index is 13.1. The van der Waals surface area contributed by atoms with E-state index in [4.69, 9.17) is 0 Å². The van der Waals surface area contributed by atoms with Crippen LogP contribution >= 0.6 is 12.4 Å². The highest BCUT2D eigenvalue weighted by Gasteiger charge is 2.44. The molecule has 1 aromatic rings. The van der Waals surface area contributed by atoms with Crippen molar-refractivity contribution in [3.8, 4) is 5.75 Å². The van der Waals surface area contributed by atoms with Crippen molar-refractivity contribution in [3.05, 3.63) is 29.8 Å². The molecule has 27 heavy (non-hydrogen) atoms. The molecule has 2 rings (SSSR count). The van der Waals surface area contributed by atoms with Crippen LogP contribution in [0, 0.1) is 0 Å². The monoisotopic (exact) mass is 424 g/mol. The van der Waals surface area contributed by atoms with E-state index in [0.717, 1.165) is 12.1 Å². The van der Waals surface area contributed by atoms with Gasteiger partial charge in [-0.15, -0.1) is 12.4 Å². The largest absolute Gasteiger partial charge is 0.461 e. The number of alkyl halides is 7. The Kier molecular flexibility index (Phi) is 8.62. The predicted molar refractivity (Wildman–Crippen MR) is 87.7 cm³/mol. The summed E-state index contributed by atoms with van der Waals surface area (Å²) in [5, 5.41) is 3.08. The van der Waals surface area contributed by atoms with Gasteiger partial charge in [0, 0.05) is 38.6 Å². The Balaban J connectivity index is 0.00000364. The molecule has 1 saturated heterocycles. The number of rotatable bonds is 7. The SMILES string of the molecule is Cl.FC(F)C(F)(F)Oc1cccc([C@H](CCC(F)(F)F)N2CCNCC2)c1. The Morgan fingerprint density at radius 2 is 1.70 bits per heavy atom. The van der Waals surface area contributed by atoms with Crippen LogP contribution < -0.4 is 10.1 Å². The minimum Gasteiger partial charge on any atom is -0.428 e. The lowest BCUT2D eigenvalue weighted by Crippen LogP contribution is -2.45. The van der Waals surface area contributed by atoms with Crippen molar-refractivity contribution in [2.45, 2.75) is 37.6 Å². The Labute approximate surface area is 158 Å². The van der Waals surface area contributed by atoms with E-state index < -0.39 is 36.9 Å². The third-order valence-electron chi connectivity index (χ3n) is 4.04. The summed E-state index contributed by atoms with van der Waals surface area (Å²) in [7, 11) is 0. The van der Waals surface area contributed by atoms with E-state index in [-0.39, 0.29) is 18.8 Å². The average molecular weight is 425 g/mol. The third-order valence-corrected chi connectivity index (χ3v) is 4.04. The van der Waals surface area contributed by atoms with E-state index >= 15 is 0 Å². The van der Waals surface area contributed by atoms with Gasteiger partial charge < -0.3 is 10.1 Å². The number of hydrogen-bond acceptors (Lipinski definition) is 3. The highest BCUT2D eigenvalue weighted by atomic mass is 35.5. The molecule has 1 heterocycles. The van der Waals surface area contributed by atoms with Crippen LogP contribution in [-0.2, 0) is 0 Å². The van der Waals surface area contributed by atoms with Gasteiger partial charge in [-0.3, -0.25) is 4.90 Å². The summed E-state index contributed by atoms with van der Waals surface area (Å²) < 4.78 is 92.7. The number of benzene rings is 1. The minimum atomic E-state index is -4.67. The highest BCUT2D eigenvalue weighted by molar-refractivity contribution is 5.85. The maximum Gasteiger partial charge on any atom is 0.461 e. The summed E-state index contributed by atoms with van der Waals surface area (Å²) in [6.07, 6.45) is -14.4. The molecule has 0 spiro atoms. The fraction of sp³-hybridized carbons (Fsp3) is 0.625. The number of piperazine rings is 1. The van der Waals surface area contributed by atoms with E-state index in [0.29, 0.717) is 31.7 Å². The van der Waals surface area contributed by atoms with Crippen LogP contribution in [0.25, 0.3) is 0 Å². The van der Waals surface area contributed by atoms with Crippen molar-refractivity contribution < 1.29 is 35.5 Å². The highest BCUT2D eigenvalue weighted by Crippen LogP contribution is 2.34. The van der Waals surface area contributed by atoms with Crippen LogP contribution in [0.5, 0.6) is 5.75 Å². The molecule has 0 bridgehead atoms. The molecule has 0 aliphatic carbocycles. The first kappa shape index (κ1) is 23.8. The Hall–Kier alpha value is -1.26. The zero-order valence-corrected chi connectivity index (χ0v) is 14.9. The van der Waals surface area contributed by atoms with E-state index in [1.165, 1.54) is 12.1 Å². The molecule has 0 radical (unpaired) electrons. The first-order chi connectivity index (χ1) is 12.1. The normalized spacial score (nSPS) is 17.5. The lowest BCUT2D eigenvalue weighted by atomic mass is 9.99. The van der Waals surface area contributed by atoms with Crippen LogP contribution in [-0.4, -0.2) is 49.8 Å². The zero-order valence-electron chi connectivity index (χ0n) is 14.1. The van der Waals surface area contributed by atoms with Crippen molar-refractivity contribution in [2.75, 3.05) is 26.2 Å². The first-order valence-corrected chi connectivity index (χ1v) is 8.05. The molecule has 1 aromatic carbocycles. The first-order valence-electron chi connectivity index (χ1n) is 8.05. The van der Waals surface area contributed by atoms with Crippen LogP contribution in [0.3, 0.4) is 0 Å². The number of nitrogens with one attached hydrogen (secondary N) is 1. The van der Waals surface area contributed by atoms with Crippen LogP contribution in [0.2, 0.25) is 0 Å². The second kappa shape index (κ2) is 9.79. The molecular formula is C16H20ClF7N2O. The summed E-state index contributed by atoms with van der Waals surface area (Å²) >= 11 is 0. The van der Waals surface area contributed by atoms with Crippen molar-refractivity contribution >= 4 is 12.4 Å². The topological polar surface area (TPSA) is 24.5 Å². The molecular weight excluding hydrogens is 405 g/mol. The molecule has 1 aliphatic rings. The fourth-order valence-electron chi connectivity index (χ4n) is 2.84. The van der Waals surface area contributed by atoms with E-state index in [9.17, 15) is 30.7 Å². The lowest BCUT2D eigenvalue weighted by Gasteiger charge is -2.35. The van der Waals surface area contributed by atoms with Gasteiger partial charge in [-0.05, 0) is 24.1 Å². The smallest absolute Gasteiger partial charge is 0.428 e. The van der Waals surface area contributed by atoms with E-state index in [1.807, 2.05) is 4.90 Å². The third kappa shape index (κ3) is 7.34. The van der Waals surface area contributed by atoms with Crippen molar-refractivity contribution in [2.24, 2.45) is 0 Å². The summed E-state index contributed by atoms with van der Waals surface area (Å²) in [6.45, 7) is 2.14. The van der Waals surface area contributed by atoms with E-state index in [1.54, 1.807) is 0 Å². The van der Waals surface area contributed by atoms with Gasteiger partial charge in [-0.2, -0.15) is 30.7 Å². The minimum absolute atomic E-state index is 0. The Morgan fingerprint density at radius 1 is 1.07 bits per heavy atom. The van der Waals surface area contributed by atoms with Crippen LogP contribution in [0.1, 0.15) is 24.4 Å². The molecule has 3 nitrogen and oxygen atoms in total. The number of ether oxygens (including phenoxy) is 1. The van der Waals surface area contributed by atoms with Crippen LogP contribution in [0.4, 0.5) is 30.7 Å². The standard InChI is InChI=1S/C16H19F7N2O.ClH/c17-14(18)16(22,23)26-12-3-1-2-11(10-12)13(4-5-15(19,20)21)25-8-6-24-7-9-25;/h1-3,10,13-14,24H,4-9H2;1H/t13-;/m0./s1. The van der Waals surface area contributed by atoms with Gasteiger partial charge in [0.2, 0.25) is 0 Å². The Morgan fingerprint density at radius 3 is 2.26 bits per heavy atom. The molecule has 0 unspecified atom stereocenters. The number of halogens is 8. The molecule has 1 N–H and O–H groups in total. The molecule has 11 heteroatoms. The second-order valence-electron chi connectivity index (χ2n) is 5.99. The van der Waals surface area contributed by atoms with Crippen molar-refractivity contribution in [3.63, 3.8) is 0 Å². The molecule has 1 atom stereocenters. The van der Waals surface area contributed by atoms with E-state index in [2.05, 4.69) is 10.1 Å². The van der Waals surface area contributed by atoms with Gasteiger partial charge >= 0.3 is 18.7 Å². The molecule has 0 saturated carbocycles. The van der Waals surface area contributed by atoms with Gasteiger partial charge in [-0.25, -0.2) is 0 Å². The Bertz CT molecular complexity index is 580. The quantitative estimate of drug-likeness (QED) is 0.646. The average Bonchev–Trinajstić information content (AvgIpc) is 2.55. The summed E-state index contributed by atoms with van der Waals surface area (Å²) in [5.41, 5.74) is 0.318. The van der Waals surface area contributed by atoms with Gasteiger partial charge in [0.05, 0.1) is 0 Å². The number of hydrogen-bond donors (Lipinski definition) is 1. The van der Waals surface area contributed by atoms with Gasteiger partial charge in [0.15, 0.2) is 0 Å². The number of nitrogens with zero attached hydrogens (tertiary/aromatic N) is 1. The predicted octanol–water partition coefficient (Wildman–Crippen LogP) is 4.63. The van der Waals surface area contributed by atoms with Crippen molar-refractivity contribution in [1.82, 2.24) is 10.2 Å². The summed E-state index contributed by atoms with van der Waals surface area (Å²) in [5.74, 6) is -0.514. The van der Waals surface area contributed by atoms with Gasteiger partial charge in [0.25, 0.3) is 0 Å². The molecule has 1 aliphatic heterocycles. The molecule has 156 valence electrons. The molecule has 0 aromatic heterocycles. The maximum atomic E-state index is 13.1. The van der Waals surface area contributed by atoms with Gasteiger partial charge in [-0.1, -0.05) is 12.1 Å². The second-order valence-corrected chi connectivity index (χ2v) is 5.99. The molecule has 1 fully saturated rings. The summed E-state index contributed by atoms with van der Waals surface area (Å²) in [6, 6.07) is 4.27. The summed E-state index contributed by atoms with van der Waals surface area (Å²) in [4.78, 5) is 1.81. The lowest BCUT2D eigenvalue weighted by molar-refractivity contribution is -0.253. The van der Waals surface area contributed by atoms with Crippen LogP contribution in [0.15, 0.2) is 24.3 Å². The van der Waals surface area contributed by atoms with Gasteiger partial charge in [0.1, 0.15) is 5.75 Å². The van der Waals surface area contributed by atoms with Crippen molar-refractivity contribution in [1.29, 1.82) is 0 Å².